The number of fused-ring (bicyclic) bond motifs is 1. The number of benzene rings is 2. The van der Waals surface area contributed by atoms with Crippen LogP contribution in [-0.2, 0) is 6.42 Å². The monoisotopic (exact) mass is 280 g/mol. The van der Waals surface area contributed by atoms with Crippen molar-refractivity contribution in [2.45, 2.75) is 19.3 Å². The van der Waals surface area contributed by atoms with Crippen molar-refractivity contribution < 1.29 is 4.79 Å². The first-order valence-electron chi connectivity index (χ1n) is 6.88. The number of thiophene rings is 1. The Morgan fingerprint density at radius 3 is 2.50 bits per heavy atom. The van der Waals surface area contributed by atoms with Gasteiger partial charge in [0.05, 0.1) is 4.88 Å². The summed E-state index contributed by atoms with van der Waals surface area (Å²) in [6, 6.07) is 20.5. The van der Waals surface area contributed by atoms with Crippen LogP contribution >= 0.6 is 11.3 Å². The van der Waals surface area contributed by atoms with Crippen LogP contribution in [0.2, 0.25) is 0 Å². The number of Topliss-reactive ketones (excluding diaryl/α,β-unsaturated/α-hetero) is 1. The van der Waals surface area contributed by atoms with Gasteiger partial charge in [-0.2, -0.15) is 0 Å². The zero-order chi connectivity index (χ0) is 13.8. The molecule has 0 fully saturated rings. The van der Waals surface area contributed by atoms with Crippen molar-refractivity contribution in [3.8, 4) is 0 Å². The molecule has 0 aliphatic rings. The Hall–Kier alpha value is -1.93. The van der Waals surface area contributed by atoms with Gasteiger partial charge in [0, 0.05) is 11.1 Å². The maximum absolute atomic E-state index is 12.2. The Labute approximate surface area is 122 Å². The highest BCUT2D eigenvalue weighted by Gasteiger charge is 2.09. The summed E-state index contributed by atoms with van der Waals surface area (Å²) in [5.41, 5.74) is 1.30. The van der Waals surface area contributed by atoms with Gasteiger partial charge in [-0.3, -0.25) is 4.79 Å². The zero-order valence-electron chi connectivity index (χ0n) is 11.2. The second-order valence-corrected chi connectivity index (χ2v) is 5.99. The molecule has 100 valence electrons. The molecule has 0 unspecified atom stereocenters. The third kappa shape index (κ3) is 2.97. The quantitative estimate of drug-likeness (QED) is 0.594. The van der Waals surface area contributed by atoms with E-state index in [1.54, 1.807) is 11.3 Å². The zero-order valence-corrected chi connectivity index (χ0v) is 12.0. The van der Waals surface area contributed by atoms with Gasteiger partial charge in [0.25, 0.3) is 0 Å². The van der Waals surface area contributed by atoms with Gasteiger partial charge in [-0.1, -0.05) is 48.5 Å². The summed E-state index contributed by atoms with van der Waals surface area (Å²) in [4.78, 5) is 13.1. The van der Waals surface area contributed by atoms with Gasteiger partial charge in [-0.15, -0.1) is 11.3 Å². The fraction of sp³-hybridized carbons (Fsp3) is 0.167. The average Bonchev–Trinajstić information content (AvgIpc) is 2.92. The Morgan fingerprint density at radius 1 is 0.950 bits per heavy atom. The van der Waals surface area contributed by atoms with E-state index in [1.807, 2.05) is 36.4 Å². The van der Waals surface area contributed by atoms with Crippen LogP contribution in [0, 0.1) is 0 Å². The van der Waals surface area contributed by atoms with Crippen LogP contribution < -0.4 is 0 Å². The highest BCUT2D eigenvalue weighted by atomic mass is 32.1. The van der Waals surface area contributed by atoms with Crippen LogP contribution in [0.4, 0.5) is 0 Å². The van der Waals surface area contributed by atoms with Gasteiger partial charge in [0.15, 0.2) is 5.78 Å². The summed E-state index contributed by atoms with van der Waals surface area (Å²) in [5.74, 6) is 0.266. The normalized spacial score (nSPS) is 10.8. The third-order valence-corrected chi connectivity index (χ3v) is 4.57. The average molecular weight is 280 g/mol. The van der Waals surface area contributed by atoms with Gasteiger partial charge < -0.3 is 0 Å². The second-order valence-electron chi connectivity index (χ2n) is 4.91. The first-order valence-corrected chi connectivity index (χ1v) is 7.70. The molecule has 0 saturated carbocycles. The topological polar surface area (TPSA) is 17.1 Å². The lowest BCUT2D eigenvalue weighted by Gasteiger charge is -2.00. The summed E-state index contributed by atoms with van der Waals surface area (Å²) < 4.78 is 1.19. The number of carbonyl (C=O) groups excluding carboxylic acids is 1. The highest BCUT2D eigenvalue weighted by Crippen LogP contribution is 2.26. The molecule has 0 aliphatic carbocycles. The Morgan fingerprint density at radius 2 is 1.70 bits per heavy atom. The van der Waals surface area contributed by atoms with Gasteiger partial charge in [0.2, 0.25) is 0 Å². The van der Waals surface area contributed by atoms with Crippen LogP contribution in [0.3, 0.4) is 0 Å². The number of rotatable bonds is 5. The van der Waals surface area contributed by atoms with Crippen molar-refractivity contribution in [3.63, 3.8) is 0 Å². The largest absolute Gasteiger partial charge is 0.293 e. The van der Waals surface area contributed by atoms with E-state index in [1.165, 1.54) is 15.6 Å². The van der Waals surface area contributed by atoms with Crippen molar-refractivity contribution in [2.75, 3.05) is 0 Å². The highest BCUT2D eigenvalue weighted by molar-refractivity contribution is 7.20. The Kier molecular flexibility index (Phi) is 3.93. The number of aryl methyl sites for hydroxylation is 1. The molecule has 3 rings (SSSR count). The summed E-state index contributed by atoms with van der Waals surface area (Å²) in [6.45, 7) is 0. The van der Waals surface area contributed by atoms with E-state index in [0.29, 0.717) is 6.42 Å². The van der Waals surface area contributed by atoms with Crippen molar-refractivity contribution in [2.24, 2.45) is 0 Å². The number of hydrogen-bond donors (Lipinski definition) is 0. The molecule has 20 heavy (non-hydrogen) atoms. The molecule has 0 radical (unpaired) electrons. The molecule has 0 N–H and O–H groups in total. The predicted molar refractivity (Wildman–Crippen MR) is 85.5 cm³/mol. The maximum Gasteiger partial charge on any atom is 0.172 e. The molecule has 1 aromatic heterocycles. The van der Waals surface area contributed by atoms with E-state index < -0.39 is 0 Å². The minimum atomic E-state index is 0.266. The number of ketones is 1. The molecule has 2 aromatic carbocycles. The van der Waals surface area contributed by atoms with E-state index in [9.17, 15) is 4.79 Å². The molecular formula is C18H16OS. The van der Waals surface area contributed by atoms with Crippen LogP contribution in [0.1, 0.15) is 28.1 Å². The molecule has 1 heterocycles. The summed E-state index contributed by atoms with van der Waals surface area (Å²) >= 11 is 1.60. The van der Waals surface area contributed by atoms with Crippen LogP contribution in [0.5, 0.6) is 0 Å². The van der Waals surface area contributed by atoms with Gasteiger partial charge in [-0.05, 0) is 35.9 Å². The van der Waals surface area contributed by atoms with E-state index in [2.05, 4.69) is 24.3 Å². The number of hydrogen-bond acceptors (Lipinski definition) is 2. The molecule has 0 aliphatic heterocycles. The van der Waals surface area contributed by atoms with Crippen LogP contribution in [-0.4, -0.2) is 5.78 Å². The molecule has 0 bridgehead atoms. The number of carbonyl (C=O) groups is 1. The summed E-state index contributed by atoms with van der Waals surface area (Å²) in [5, 5.41) is 1.17. The van der Waals surface area contributed by atoms with Crippen molar-refractivity contribution in [1.82, 2.24) is 0 Å². The Bertz CT molecular complexity index is 679. The van der Waals surface area contributed by atoms with Gasteiger partial charge in [-0.25, -0.2) is 0 Å². The summed E-state index contributed by atoms with van der Waals surface area (Å²) in [6.07, 6.45) is 2.51. The van der Waals surface area contributed by atoms with Gasteiger partial charge in [0.1, 0.15) is 0 Å². The predicted octanol–water partition coefficient (Wildman–Crippen LogP) is 5.11. The molecule has 3 aromatic rings. The fourth-order valence-corrected chi connectivity index (χ4v) is 3.37. The third-order valence-electron chi connectivity index (χ3n) is 3.41. The van der Waals surface area contributed by atoms with E-state index in [4.69, 9.17) is 0 Å². The van der Waals surface area contributed by atoms with Crippen molar-refractivity contribution in [1.29, 1.82) is 0 Å². The van der Waals surface area contributed by atoms with Gasteiger partial charge >= 0.3 is 0 Å². The lowest BCUT2D eigenvalue weighted by molar-refractivity contribution is 0.0984. The molecular weight excluding hydrogens is 264 g/mol. The maximum atomic E-state index is 12.2. The molecule has 2 heteroatoms. The first kappa shape index (κ1) is 13.1. The molecule has 0 saturated heterocycles. The van der Waals surface area contributed by atoms with E-state index >= 15 is 0 Å². The lowest BCUT2D eigenvalue weighted by Crippen LogP contribution is -1.97. The molecule has 0 spiro atoms. The first-order chi connectivity index (χ1) is 9.83. The van der Waals surface area contributed by atoms with Crippen LogP contribution in [0.15, 0.2) is 60.7 Å². The molecule has 0 atom stereocenters. The SMILES string of the molecule is O=C(CCCc1ccccc1)c1cc2ccccc2s1. The smallest absolute Gasteiger partial charge is 0.172 e. The van der Waals surface area contributed by atoms with Crippen molar-refractivity contribution in [3.05, 3.63) is 71.1 Å². The Balaban J connectivity index is 1.61. The standard InChI is InChI=1S/C18H16OS/c19-16(11-6-9-14-7-2-1-3-8-14)18-13-15-10-4-5-12-17(15)20-18/h1-5,7-8,10,12-13H,6,9,11H2. The van der Waals surface area contributed by atoms with E-state index in [0.717, 1.165) is 17.7 Å². The minimum absolute atomic E-state index is 0.266. The summed E-state index contributed by atoms with van der Waals surface area (Å²) in [7, 11) is 0. The van der Waals surface area contributed by atoms with Crippen molar-refractivity contribution >= 4 is 27.2 Å². The molecule has 0 amide bonds. The van der Waals surface area contributed by atoms with E-state index in [-0.39, 0.29) is 5.78 Å². The lowest BCUT2D eigenvalue weighted by atomic mass is 10.1. The second kappa shape index (κ2) is 6.02. The fourth-order valence-electron chi connectivity index (χ4n) is 2.34. The molecule has 1 nitrogen and oxygen atoms in total. The van der Waals surface area contributed by atoms with Crippen LogP contribution in [0.25, 0.3) is 10.1 Å². The minimum Gasteiger partial charge on any atom is -0.293 e.